The number of nitrogens with zero attached hydrogens (tertiary/aromatic N) is 2. The van der Waals surface area contributed by atoms with E-state index < -0.39 is 0 Å². The number of carbonyl (C=O) groups is 1. The zero-order valence-electron chi connectivity index (χ0n) is 14.6. The van der Waals surface area contributed by atoms with Crippen LogP contribution in [0.25, 0.3) is 0 Å². The molecule has 0 unspecified atom stereocenters. The Kier molecular flexibility index (Phi) is 4.00. The summed E-state index contributed by atoms with van der Waals surface area (Å²) in [7, 11) is 0. The molecule has 25 heavy (non-hydrogen) atoms. The summed E-state index contributed by atoms with van der Waals surface area (Å²) in [5, 5.41) is 10.4. The lowest BCUT2D eigenvalue weighted by atomic mass is 9.57. The Morgan fingerprint density at radius 2 is 2.12 bits per heavy atom. The first kappa shape index (κ1) is 16.1. The molecule has 6 nitrogen and oxygen atoms in total. The molecule has 1 aliphatic heterocycles. The number of carbonyl (C=O) groups excluding carboxylic acids is 1. The Bertz CT molecular complexity index is 756. The van der Waals surface area contributed by atoms with Gasteiger partial charge in [-0.1, -0.05) is 44.2 Å². The van der Waals surface area contributed by atoms with Crippen molar-refractivity contribution in [2.24, 2.45) is 11.3 Å². The average Bonchev–Trinajstić information content (AvgIpc) is 3.22. The number of benzene rings is 1. The van der Waals surface area contributed by atoms with Gasteiger partial charge in [-0.15, -0.1) is 0 Å². The highest BCUT2D eigenvalue weighted by Gasteiger charge is 2.59. The predicted molar refractivity (Wildman–Crippen MR) is 95.3 cm³/mol. The van der Waals surface area contributed by atoms with E-state index >= 15 is 0 Å². The largest absolute Gasteiger partial charge is 0.377 e. The van der Waals surface area contributed by atoms with Gasteiger partial charge in [0.15, 0.2) is 5.82 Å². The van der Waals surface area contributed by atoms with E-state index in [4.69, 9.17) is 4.74 Å². The Labute approximate surface area is 147 Å². The van der Waals surface area contributed by atoms with Crippen molar-refractivity contribution >= 4 is 11.8 Å². The van der Waals surface area contributed by atoms with Crippen LogP contribution in [0, 0.1) is 11.3 Å². The van der Waals surface area contributed by atoms with Crippen molar-refractivity contribution in [3.8, 4) is 0 Å². The number of amides is 2. The van der Waals surface area contributed by atoms with Gasteiger partial charge in [-0.05, 0) is 12.0 Å². The molecule has 132 valence electrons. The van der Waals surface area contributed by atoms with Crippen LogP contribution in [0.2, 0.25) is 0 Å². The molecular formula is C19H24N4O2. The van der Waals surface area contributed by atoms with Crippen molar-refractivity contribution in [1.82, 2.24) is 15.1 Å². The molecule has 0 radical (unpaired) electrons. The summed E-state index contributed by atoms with van der Waals surface area (Å²) in [6.07, 6.45) is 3.16. The highest BCUT2D eigenvalue weighted by Crippen LogP contribution is 2.52. The molecule has 1 saturated carbocycles. The van der Waals surface area contributed by atoms with Gasteiger partial charge in [-0.3, -0.25) is 10.00 Å². The third-order valence-electron chi connectivity index (χ3n) is 5.46. The Morgan fingerprint density at radius 3 is 2.92 bits per heavy atom. The van der Waals surface area contributed by atoms with Crippen molar-refractivity contribution in [3.63, 3.8) is 0 Å². The van der Waals surface area contributed by atoms with E-state index in [0.717, 1.165) is 13.0 Å². The van der Waals surface area contributed by atoms with Gasteiger partial charge in [-0.25, -0.2) is 4.79 Å². The topological polar surface area (TPSA) is 68.2 Å². The molecular weight excluding hydrogens is 316 g/mol. The van der Waals surface area contributed by atoms with Gasteiger partial charge in [0.2, 0.25) is 0 Å². The quantitative estimate of drug-likeness (QED) is 0.899. The molecule has 1 aliphatic carbocycles. The molecule has 3 atom stereocenters. The molecule has 1 aromatic heterocycles. The van der Waals surface area contributed by atoms with Gasteiger partial charge in [0, 0.05) is 36.2 Å². The summed E-state index contributed by atoms with van der Waals surface area (Å²) in [5.74, 6) is 0.987. The lowest BCUT2D eigenvalue weighted by Gasteiger charge is -2.54. The summed E-state index contributed by atoms with van der Waals surface area (Å²) in [5.41, 5.74) is 1.15. The molecule has 1 aromatic carbocycles. The van der Waals surface area contributed by atoms with Crippen LogP contribution < -0.4 is 10.6 Å². The first-order valence-corrected chi connectivity index (χ1v) is 8.80. The molecule has 2 heterocycles. The minimum atomic E-state index is -0.201. The van der Waals surface area contributed by atoms with Gasteiger partial charge < -0.3 is 10.1 Å². The Balaban J connectivity index is 1.34. The number of nitrogens with one attached hydrogen (secondary N) is 2. The average molecular weight is 340 g/mol. The van der Waals surface area contributed by atoms with Crippen molar-refractivity contribution in [3.05, 3.63) is 48.2 Å². The molecule has 0 bridgehead atoms. The number of anilines is 1. The first-order chi connectivity index (χ1) is 12.0. The number of hydrogen-bond acceptors (Lipinski definition) is 3. The minimum absolute atomic E-state index is 0.0226. The van der Waals surface area contributed by atoms with Crippen molar-refractivity contribution in [2.75, 3.05) is 11.9 Å². The van der Waals surface area contributed by atoms with Crippen LogP contribution in [-0.2, 0) is 11.3 Å². The van der Waals surface area contributed by atoms with E-state index in [1.807, 2.05) is 35.1 Å². The lowest BCUT2D eigenvalue weighted by Crippen LogP contribution is -2.67. The van der Waals surface area contributed by atoms with Crippen molar-refractivity contribution < 1.29 is 9.53 Å². The number of rotatable bonds is 4. The number of fused-ring (bicyclic) bond motifs is 1. The van der Waals surface area contributed by atoms with Gasteiger partial charge in [0.25, 0.3) is 0 Å². The van der Waals surface area contributed by atoms with E-state index in [-0.39, 0.29) is 23.6 Å². The number of urea groups is 1. The highest BCUT2D eigenvalue weighted by atomic mass is 16.5. The predicted octanol–water partition coefficient (Wildman–Crippen LogP) is 2.87. The molecule has 0 spiro atoms. The van der Waals surface area contributed by atoms with Crippen molar-refractivity contribution in [1.29, 1.82) is 0 Å². The summed E-state index contributed by atoms with van der Waals surface area (Å²) in [6.45, 7) is 5.78. The second-order valence-electron chi connectivity index (χ2n) is 7.53. The van der Waals surface area contributed by atoms with Gasteiger partial charge in [-0.2, -0.15) is 5.10 Å². The van der Waals surface area contributed by atoms with Crippen LogP contribution in [0.5, 0.6) is 0 Å². The molecule has 2 N–H and O–H groups in total. The molecule has 6 heteroatoms. The first-order valence-electron chi connectivity index (χ1n) is 8.80. The van der Waals surface area contributed by atoms with E-state index in [1.165, 1.54) is 5.56 Å². The van der Waals surface area contributed by atoms with E-state index in [1.54, 1.807) is 0 Å². The Hall–Kier alpha value is -2.34. The molecule has 2 aliphatic rings. The maximum Gasteiger partial charge on any atom is 0.320 e. The normalized spacial score (nSPS) is 26.6. The third kappa shape index (κ3) is 3.02. The van der Waals surface area contributed by atoms with Crippen LogP contribution >= 0.6 is 0 Å². The number of aromatic nitrogens is 2. The van der Waals surface area contributed by atoms with Crippen LogP contribution in [0.3, 0.4) is 0 Å². The Morgan fingerprint density at radius 1 is 1.32 bits per heavy atom. The SMILES string of the molecule is CC1(C)[C@H](NC(=O)Nc2ccn(Cc3ccccc3)n2)[C@H]2CCO[C@H]21. The third-order valence-corrected chi connectivity index (χ3v) is 5.46. The van der Waals surface area contributed by atoms with Crippen LogP contribution in [-0.4, -0.2) is 34.6 Å². The maximum atomic E-state index is 12.3. The maximum absolute atomic E-state index is 12.3. The molecule has 2 aromatic rings. The molecule has 2 fully saturated rings. The van der Waals surface area contributed by atoms with Crippen molar-refractivity contribution in [2.45, 2.75) is 39.0 Å². The van der Waals surface area contributed by atoms with Gasteiger partial charge in [0.05, 0.1) is 12.6 Å². The second-order valence-corrected chi connectivity index (χ2v) is 7.53. The van der Waals surface area contributed by atoms with E-state index in [9.17, 15) is 4.79 Å². The molecule has 1 saturated heterocycles. The van der Waals surface area contributed by atoms with Crippen LogP contribution in [0.4, 0.5) is 10.6 Å². The molecule has 2 amide bonds. The highest BCUT2D eigenvalue weighted by molar-refractivity contribution is 5.88. The number of hydrogen-bond donors (Lipinski definition) is 2. The minimum Gasteiger partial charge on any atom is -0.377 e. The van der Waals surface area contributed by atoms with E-state index in [0.29, 0.717) is 18.3 Å². The number of ether oxygens (including phenoxy) is 1. The summed E-state index contributed by atoms with van der Waals surface area (Å²) < 4.78 is 7.59. The fraction of sp³-hybridized carbons (Fsp3) is 0.474. The second kappa shape index (κ2) is 6.19. The summed E-state index contributed by atoms with van der Waals surface area (Å²) >= 11 is 0. The zero-order chi connectivity index (χ0) is 17.4. The lowest BCUT2D eigenvalue weighted by molar-refractivity contribution is -0.107. The fourth-order valence-electron chi connectivity index (χ4n) is 4.20. The monoisotopic (exact) mass is 340 g/mol. The van der Waals surface area contributed by atoms with Gasteiger partial charge in [0.1, 0.15) is 0 Å². The summed E-state index contributed by atoms with van der Waals surface area (Å²) in [6, 6.07) is 11.9. The fourth-order valence-corrected chi connectivity index (χ4v) is 4.20. The zero-order valence-corrected chi connectivity index (χ0v) is 14.6. The van der Waals surface area contributed by atoms with Gasteiger partial charge >= 0.3 is 6.03 Å². The molecule has 4 rings (SSSR count). The van der Waals surface area contributed by atoms with E-state index in [2.05, 4.69) is 41.7 Å². The smallest absolute Gasteiger partial charge is 0.320 e. The standard InChI is InChI=1S/C19H24N4O2/c1-19(2)16(14-9-11-25-17(14)19)21-18(24)20-15-8-10-23(22-15)12-13-6-4-3-5-7-13/h3-8,10,14,16-17H,9,11-12H2,1-2H3,(H2,20,21,22,24)/t14-,16-,17-/m1/s1. The summed E-state index contributed by atoms with van der Waals surface area (Å²) in [4.78, 5) is 12.3. The van der Waals surface area contributed by atoms with Crippen LogP contribution in [0.15, 0.2) is 42.6 Å². The van der Waals surface area contributed by atoms with Crippen LogP contribution in [0.1, 0.15) is 25.8 Å².